The maximum atomic E-state index is 5.61. The van der Waals surface area contributed by atoms with Crippen LogP contribution < -0.4 is 0 Å². The number of aromatic nitrogens is 2. The molecule has 0 aromatic carbocycles. The van der Waals surface area contributed by atoms with Gasteiger partial charge in [-0.05, 0) is 18.6 Å². The molecular weight excluding hydrogens is 244 g/mol. The predicted octanol–water partition coefficient (Wildman–Crippen LogP) is 1.70. The lowest BCUT2D eigenvalue weighted by Crippen LogP contribution is -2.07. The minimum Gasteiger partial charge on any atom is -0.385 e. The van der Waals surface area contributed by atoms with Crippen molar-refractivity contribution in [2.75, 3.05) is 33.5 Å². The molecule has 1 aromatic rings. The van der Waals surface area contributed by atoms with E-state index in [0.717, 1.165) is 18.7 Å². The highest BCUT2D eigenvalue weighted by Crippen LogP contribution is 2.02. The van der Waals surface area contributed by atoms with E-state index in [-0.39, 0.29) is 0 Å². The standard InChI is InChI=1S/C11H17ClN2O3/c1-15-5-2-6-16-7-8-17-9-10-3-4-11(12)14-13-10/h3-4H,2,5-9H2,1H3. The van der Waals surface area contributed by atoms with Crippen LogP contribution in [0.3, 0.4) is 0 Å². The summed E-state index contributed by atoms with van der Waals surface area (Å²) in [7, 11) is 1.68. The lowest BCUT2D eigenvalue weighted by Gasteiger charge is -2.05. The van der Waals surface area contributed by atoms with E-state index < -0.39 is 0 Å². The molecule has 0 amide bonds. The number of methoxy groups -OCH3 is 1. The van der Waals surface area contributed by atoms with E-state index in [1.54, 1.807) is 19.2 Å². The largest absolute Gasteiger partial charge is 0.385 e. The molecule has 0 aliphatic heterocycles. The third-order valence-electron chi connectivity index (χ3n) is 1.95. The average Bonchev–Trinajstić information content (AvgIpc) is 2.35. The fraction of sp³-hybridized carbons (Fsp3) is 0.636. The molecule has 0 atom stereocenters. The first-order chi connectivity index (χ1) is 8.33. The van der Waals surface area contributed by atoms with Crippen molar-refractivity contribution < 1.29 is 14.2 Å². The second-order valence-electron chi connectivity index (χ2n) is 3.36. The Bertz CT molecular complexity index is 295. The van der Waals surface area contributed by atoms with Crippen molar-refractivity contribution in [3.8, 4) is 0 Å². The van der Waals surface area contributed by atoms with Gasteiger partial charge in [0, 0.05) is 20.3 Å². The number of hydrogen-bond acceptors (Lipinski definition) is 5. The van der Waals surface area contributed by atoms with Crippen LogP contribution in [-0.2, 0) is 20.8 Å². The number of hydrogen-bond donors (Lipinski definition) is 0. The van der Waals surface area contributed by atoms with Crippen LogP contribution in [0, 0.1) is 0 Å². The molecular formula is C11H17ClN2O3. The molecule has 6 heteroatoms. The maximum absolute atomic E-state index is 5.61. The van der Waals surface area contributed by atoms with Gasteiger partial charge in [0.25, 0.3) is 0 Å². The van der Waals surface area contributed by atoms with Crippen LogP contribution in [0.25, 0.3) is 0 Å². The van der Waals surface area contributed by atoms with Crippen molar-refractivity contribution in [3.05, 3.63) is 23.0 Å². The number of rotatable bonds is 9. The highest BCUT2D eigenvalue weighted by molar-refractivity contribution is 6.29. The molecule has 5 nitrogen and oxygen atoms in total. The molecule has 0 N–H and O–H groups in total. The lowest BCUT2D eigenvalue weighted by atomic mass is 10.4. The first-order valence-corrected chi connectivity index (χ1v) is 5.83. The predicted molar refractivity (Wildman–Crippen MR) is 64.0 cm³/mol. The molecule has 0 saturated heterocycles. The molecule has 0 aliphatic carbocycles. The molecule has 17 heavy (non-hydrogen) atoms. The zero-order chi connectivity index (χ0) is 12.3. The second-order valence-corrected chi connectivity index (χ2v) is 3.75. The molecule has 0 spiro atoms. The lowest BCUT2D eigenvalue weighted by molar-refractivity contribution is 0.0325. The van der Waals surface area contributed by atoms with Gasteiger partial charge < -0.3 is 14.2 Å². The van der Waals surface area contributed by atoms with Crippen molar-refractivity contribution >= 4 is 11.6 Å². The van der Waals surface area contributed by atoms with E-state index in [1.807, 2.05) is 0 Å². The number of halogens is 1. The van der Waals surface area contributed by atoms with Gasteiger partial charge in [-0.1, -0.05) is 11.6 Å². The summed E-state index contributed by atoms with van der Waals surface area (Å²) >= 11 is 5.61. The summed E-state index contributed by atoms with van der Waals surface area (Å²) in [6.07, 6.45) is 0.902. The fourth-order valence-corrected chi connectivity index (χ4v) is 1.22. The molecule has 96 valence electrons. The minimum absolute atomic E-state index is 0.384. The van der Waals surface area contributed by atoms with Gasteiger partial charge in [-0.15, -0.1) is 5.10 Å². The zero-order valence-corrected chi connectivity index (χ0v) is 10.7. The second kappa shape index (κ2) is 9.30. The van der Waals surface area contributed by atoms with Crippen LogP contribution in [0.15, 0.2) is 12.1 Å². The van der Waals surface area contributed by atoms with Crippen LogP contribution in [0.2, 0.25) is 5.15 Å². The van der Waals surface area contributed by atoms with Crippen LogP contribution in [-0.4, -0.2) is 43.7 Å². The highest BCUT2D eigenvalue weighted by Gasteiger charge is 1.96. The van der Waals surface area contributed by atoms with E-state index in [2.05, 4.69) is 10.2 Å². The van der Waals surface area contributed by atoms with Crippen molar-refractivity contribution in [2.24, 2.45) is 0 Å². The maximum Gasteiger partial charge on any atom is 0.151 e. The SMILES string of the molecule is COCCCOCCOCc1ccc(Cl)nn1. The third kappa shape index (κ3) is 7.23. The van der Waals surface area contributed by atoms with E-state index in [4.69, 9.17) is 25.8 Å². The van der Waals surface area contributed by atoms with Crippen molar-refractivity contribution in [1.82, 2.24) is 10.2 Å². The first-order valence-electron chi connectivity index (χ1n) is 5.45. The topological polar surface area (TPSA) is 53.5 Å². The monoisotopic (exact) mass is 260 g/mol. The Balaban J connectivity index is 1.95. The summed E-state index contributed by atoms with van der Waals surface area (Å²) in [6, 6.07) is 3.48. The van der Waals surface area contributed by atoms with Crippen LogP contribution in [0.4, 0.5) is 0 Å². The fourth-order valence-electron chi connectivity index (χ4n) is 1.12. The molecule has 0 radical (unpaired) electrons. The van der Waals surface area contributed by atoms with Gasteiger partial charge in [0.1, 0.15) is 0 Å². The Labute approximate surface area is 106 Å². The molecule has 0 bridgehead atoms. The van der Waals surface area contributed by atoms with E-state index >= 15 is 0 Å². The highest BCUT2D eigenvalue weighted by atomic mass is 35.5. The number of nitrogens with zero attached hydrogens (tertiary/aromatic N) is 2. The third-order valence-corrected chi connectivity index (χ3v) is 2.15. The molecule has 0 fully saturated rings. The summed E-state index contributed by atoms with van der Waals surface area (Å²) in [5, 5.41) is 7.97. The Morgan fingerprint density at radius 1 is 1.06 bits per heavy atom. The summed E-state index contributed by atoms with van der Waals surface area (Å²) in [6.45, 7) is 2.95. The summed E-state index contributed by atoms with van der Waals surface area (Å²) in [4.78, 5) is 0. The van der Waals surface area contributed by atoms with Gasteiger partial charge in [-0.2, -0.15) is 5.10 Å². The quantitative estimate of drug-likeness (QED) is 0.633. The Hall–Kier alpha value is -0.750. The van der Waals surface area contributed by atoms with E-state index in [0.29, 0.717) is 31.6 Å². The van der Waals surface area contributed by atoms with Gasteiger partial charge in [0.15, 0.2) is 5.15 Å². The molecule has 0 aliphatic rings. The van der Waals surface area contributed by atoms with Crippen LogP contribution in [0.5, 0.6) is 0 Å². The first kappa shape index (κ1) is 14.3. The average molecular weight is 261 g/mol. The molecule has 0 unspecified atom stereocenters. The minimum atomic E-state index is 0.384. The van der Waals surface area contributed by atoms with Gasteiger partial charge in [0.05, 0.1) is 25.5 Å². The van der Waals surface area contributed by atoms with Gasteiger partial charge in [0.2, 0.25) is 0 Å². The normalized spacial score (nSPS) is 10.7. The number of ether oxygens (including phenoxy) is 3. The summed E-state index contributed by atoms with van der Waals surface area (Å²) < 4.78 is 15.6. The van der Waals surface area contributed by atoms with Gasteiger partial charge >= 0.3 is 0 Å². The molecule has 1 heterocycles. The van der Waals surface area contributed by atoms with Crippen LogP contribution in [0.1, 0.15) is 12.1 Å². The van der Waals surface area contributed by atoms with Gasteiger partial charge in [-0.25, -0.2) is 0 Å². The van der Waals surface area contributed by atoms with Crippen molar-refractivity contribution in [1.29, 1.82) is 0 Å². The van der Waals surface area contributed by atoms with Crippen LogP contribution >= 0.6 is 11.6 Å². The van der Waals surface area contributed by atoms with Gasteiger partial charge in [-0.3, -0.25) is 0 Å². The summed E-state index contributed by atoms with van der Waals surface area (Å²) in [5.74, 6) is 0. The molecule has 1 aromatic heterocycles. The molecule has 1 rings (SSSR count). The van der Waals surface area contributed by atoms with Crippen molar-refractivity contribution in [3.63, 3.8) is 0 Å². The Morgan fingerprint density at radius 3 is 2.59 bits per heavy atom. The van der Waals surface area contributed by atoms with E-state index in [1.165, 1.54) is 0 Å². The molecule has 0 saturated carbocycles. The van der Waals surface area contributed by atoms with Crippen molar-refractivity contribution in [2.45, 2.75) is 13.0 Å². The smallest absolute Gasteiger partial charge is 0.151 e. The summed E-state index contributed by atoms with van der Waals surface area (Å²) in [5.41, 5.74) is 0.758. The Morgan fingerprint density at radius 2 is 1.88 bits per heavy atom. The van der Waals surface area contributed by atoms with E-state index in [9.17, 15) is 0 Å². The zero-order valence-electron chi connectivity index (χ0n) is 9.89. The Kier molecular flexibility index (Phi) is 7.83.